The van der Waals surface area contributed by atoms with E-state index in [0.29, 0.717) is 0 Å². The zero-order valence-corrected chi connectivity index (χ0v) is 19.9. The molecule has 0 radical (unpaired) electrons. The molecule has 0 aliphatic carbocycles. The summed E-state index contributed by atoms with van der Waals surface area (Å²) in [5.74, 6) is 0. The Morgan fingerprint density at radius 3 is 1.33 bits per heavy atom. The van der Waals surface area contributed by atoms with Crippen molar-refractivity contribution >= 4 is 7.82 Å². The zero-order chi connectivity index (χ0) is 21.8. The average molecular weight is 441 g/mol. The summed E-state index contributed by atoms with van der Waals surface area (Å²) >= 11 is 0. The summed E-state index contributed by atoms with van der Waals surface area (Å²) in [5.41, 5.74) is 1.48. The first-order chi connectivity index (χ1) is 14.6. The SMILES string of the molecule is O=P(O)(O)OCCCCCCCCCCCCCCCCCCCc1ccccc1. The monoisotopic (exact) mass is 440 g/mol. The molecule has 30 heavy (non-hydrogen) atoms. The lowest BCUT2D eigenvalue weighted by atomic mass is 10.0. The summed E-state index contributed by atoms with van der Waals surface area (Å²) in [6.07, 6.45) is 23.1. The van der Waals surface area contributed by atoms with E-state index in [4.69, 9.17) is 9.79 Å². The summed E-state index contributed by atoms with van der Waals surface area (Å²) in [6.45, 7) is 0.165. The second-order valence-corrected chi connectivity index (χ2v) is 9.81. The van der Waals surface area contributed by atoms with Crippen LogP contribution in [0, 0.1) is 0 Å². The molecule has 1 aromatic rings. The van der Waals surface area contributed by atoms with E-state index in [0.717, 1.165) is 19.3 Å². The molecule has 0 saturated carbocycles. The van der Waals surface area contributed by atoms with E-state index >= 15 is 0 Å². The maximum Gasteiger partial charge on any atom is 0.469 e. The molecule has 174 valence electrons. The molecule has 0 aromatic heterocycles. The largest absolute Gasteiger partial charge is 0.469 e. The minimum absolute atomic E-state index is 0.165. The normalized spacial score (nSPS) is 11.8. The van der Waals surface area contributed by atoms with Crippen molar-refractivity contribution in [3.05, 3.63) is 35.9 Å². The Hall–Kier alpha value is -0.670. The van der Waals surface area contributed by atoms with Gasteiger partial charge < -0.3 is 9.79 Å². The van der Waals surface area contributed by atoms with Gasteiger partial charge in [0.15, 0.2) is 0 Å². The van der Waals surface area contributed by atoms with Gasteiger partial charge in [0.1, 0.15) is 0 Å². The fourth-order valence-corrected chi connectivity index (χ4v) is 4.28. The maximum absolute atomic E-state index is 10.5. The first-order valence-corrected chi connectivity index (χ1v) is 13.8. The lowest BCUT2D eigenvalue weighted by molar-refractivity contribution is 0.193. The summed E-state index contributed by atoms with van der Waals surface area (Å²) in [6, 6.07) is 10.8. The first kappa shape index (κ1) is 27.4. The fourth-order valence-electron chi connectivity index (χ4n) is 3.91. The van der Waals surface area contributed by atoms with Crippen LogP contribution in [-0.4, -0.2) is 16.4 Å². The highest BCUT2D eigenvalue weighted by atomic mass is 31.2. The van der Waals surface area contributed by atoms with Crippen LogP contribution in [-0.2, 0) is 15.5 Å². The molecular weight excluding hydrogens is 395 g/mol. The molecule has 2 N–H and O–H groups in total. The number of hydrogen-bond donors (Lipinski definition) is 2. The van der Waals surface area contributed by atoms with Gasteiger partial charge in [-0.3, -0.25) is 4.52 Å². The van der Waals surface area contributed by atoms with Crippen LogP contribution in [0.2, 0.25) is 0 Å². The van der Waals surface area contributed by atoms with E-state index in [1.54, 1.807) is 0 Å². The smallest absolute Gasteiger partial charge is 0.303 e. The van der Waals surface area contributed by atoms with Gasteiger partial charge in [0.2, 0.25) is 0 Å². The molecule has 0 atom stereocenters. The molecule has 1 aromatic carbocycles. The Morgan fingerprint density at radius 1 is 0.567 bits per heavy atom. The van der Waals surface area contributed by atoms with E-state index in [1.807, 2.05) is 0 Å². The second kappa shape index (κ2) is 19.0. The van der Waals surface area contributed by atoms with Gasteiger partial charge in [0.05, 0.1) is 6.61 Å². The highest BCUT2D eigenvalue weighted by Gasteiger charge is 2.12. The molecule has 4 nitrogen and oxygen atoms in total. The minimum Gasteiger partial charge on any atom is -0.303 e. The van der Waals surface area contributed by atoms with Crippen LogP contribution in [0.5, 0.6) is 0 Å². The van der Waals surface area contributed by atoms with Crippen molar-refractivity contribution in [1.29, 1.82) is 0 Å². The molecule has 0 saturated heterocycles. The van der Waals surface area contributed by atoms with Crippen LogP contribution in [0.4, 0.5) is 0 Å². The predicted octanol–water partition coefficient (Wildman–Crippen LogP) is 7.97. The maximum atomic E-state index is 10.5. The fraction of sp³-hybridized carbons (Fsp3) is 0.760. The Balaban J connectivity index is 1.68. The molecule has 0 aliphatic rings. The van der Waals surface area contributed by atoms with Gasteiger partial charge in [-0.2, -0.15) is 0 Å². The van der Waals surface area contributed by atoms with E-state index in [2.05, 4.69) is 34.9 Å². The highest BCUT2D eigenvalue weighted by molar-refractivity contribution is 7.46. The number of unbranched alkanes of at least 4 members (excludes halogenated alkanes) is 16. The molecular formula is C25H45O4P. The van der Waals surface area contributed by atoms with Crippen molar-refractivity contribution in [2.75, 3.05) is 6.61 Å². The van der Waals surface area contributed by atoms with Crippen LogP contribution in [0.25, 0.3) is 0 Å². The van der Waals surface area contributed by atoms with E-state index in [9.17, 15) is 4.57 Å². The Bertz CT molecular complexity index is 529. The lowest BCUT2D eigenvalue weighted by Gasteiger charge is -2.05. The number of rotatable bonds is 21. The van der Waals surface area contributed by atoms with Crippen LogP contribution < -0.4 is 0 Å². The molecule has 0 amide bonds. The van der Waals surface area contributed by atoms with Gasteiger partial charge in [-0.15, -0.1) is 0 Å². The third kappa shape index (κ3) is 19.3. The van der Waals surface area contributed by atoms with Gasteiger partial charge in [-0.1, -0.05) is 127 Å². The average Bonchev–Trinajstić information content (AvgIpc) is 2.72. The Morgan fingerprint density at radius 2 is 0.933 bits per heavy atom. The van der Waals surface area contributed by atoms with E-state index < -0.39 is 7.82 Å². The summed E-state index contributed by atoms with van der Waals surface area (Å²) in [7, 11) is -4.27. The molecule has 0 aliphatic heterocycles. The Kier molecular flexibility index (Phi) is 17.4. The molecule has 1 rings (SSSR count). The topological polar surface area (TPSA) is 66.8 Å². The predicted molar refractivity (Wildman–Crippen MR) is 127 cm³/mol. The third-order valence-electron chi connectivity index (χ3n) is 5.71. The van der Waals surface area contributed by atoms with Crippen LogP contribution in [0.1, 0.15) is 115 Å². The molecule has 0 spiro atoms. The van der Waals surface area contributed by atoms with Crippen LogP contribution in [0.3, 0.4) is 0 Å². The lowest BCUT2D eigenvalue weighted by Crippen LogP contribution is -1.92. The number of aryl methyl sites for hydroxylation is 1. The summed E-state index contributed by atoms with van der Waals surface area (Å²) < 4.78 is 15.0. The zero-order valence-electron chi connectivity index (χ0n) is 19.0. The van der Waals surface area contributed by atoms with E-state index in [-0.39, 0.29) is 6.61 Å². The molecule has 5 heteroatoms. The minimum atomic E-state index is -4.27. The second-order valence-electron chi connectivity index (χ2n) is 8.57. The molecule has 0 bridgehead atoms. The standard InChI is InChI=1S/C25H45O4P/c26-30(27,28)29-24-20-15-13-11-9-7-5-3-1-2-4-6-8-10-12-14-17-21-25-22-18-16-19-23-25/h16,18-19,22-23H,1-15,17,20-21,24H2,(H2,26,27,28). The van der Waals surface area contributed by atoms with Gasteiger partial charge >= 0.3 is 7.82 Å². The van der Waals surface area contributed by atoms with Crippen molar-refractivity contribution in [2.24, 2.45) is 0 Å². The van der Waals surface area contributed by atoms with E-state index in [1.165, 1.54) is 102 Å². The van der Waals surface area contributed by atoms with Gasteiger partial charge in [-0.05, 0) is 24.8 Å². The summed E-state index contributed by atoms with van der Waals surface area (Å²) in [4.78, 5) is 17.2. The molecule has 0 unspecified atom stereocenters. The molecule has 0 heterocycles. The third-order valence-corrected chi connectivity index (χ3v) is 6.23. The van der Waals surface area contributed by atoms with Crippen molar-refractivity contribution in [1.82, 2.24) is 0 Å². The highest BCUT2D eigenvalue weighted by Crippen LogP contribution is 2.35. The van der Waals surface area contributed by atoms with Gasteiger partial charge in [-0.25, -0.2) is 4.57 Å². The van der Waals surface area contributed by atoms with Gasteiger partial charge in [0.25, 0.3) is 0 Å². The van der Waals surface area contributed by atoms with Crippen molar-refractivity contribution in [3.8, 4) is 0 Å². The summed E-state index contributed by atoms with van der Waals surface area (Å²) in [5, 5.41) is 0. The number of benzene rings is 1. The van der Waals surface area contributed by atoms with Crippen molar-refractivity contribution in [3.63, 3.8) is 0 Å². The first-order valence-electron chi connectivity index (χ1n) is 12.3. The van der Waals surface area contributed by atoms with Crippen LogP contribution >= 0.6 is 7.82 Å². The Labute approximate surface area is 185 Å². The van der Waals surface area contributed by atoms with Gasteiger partial charge in [0, 0.05) is 0 Å². The number of phosphoric acid groups is 1. The van der Waals surface area contributed by atoms with Crippen molar-refractivity contribution in [2.45, 2.75) is 116 Å². The number of phosphoric ester groups is 1. The number of hydrogen-bond acceptors (Lipinski definition) is 2. The quantitative estimate of drug-likeness (QED) is 0.150. The van der Waals surface area contributed by atoms with Crippen LogP contribution in [0.15, 0.2) is 30.3 Å². The van der Waals surface area contributed by atoms with Crippen molar-refractivity contribution < 1.29 is 18.9 Å². The molecule has 0 fully saturated rings.